The molecule has 1 N–H and O–H groups in total. The predicted octanol–water partition coefficient (Wildman–Crippen LogP) is 2.74. The van der Waals surface area contributed by atoms with Crippen molar-refractivity contribution in [2.45, 2.75) is 52.1 Å². The number of rotatable bonds is 2. The first-order chi connectivity index (χ1) is 8.76. The Kier molecular flexibility index (Phi) is 3.33. The predicted molar refractivity (Wildman–Crippen MR) is 79.5 cm³/mol. The van der Waals surface area contributed by atoms with Gasteiger partial charge < -0.3 is 10.2 Å². The molecule has 3 nitrogen and oxygen atoms in total. The quantitative estimate of drug-likeness (QED) is 0.886. The fourth-order valence-corrected chi connectivity index (χ4v) is 2.54. The van der Waals surface area contributed by atoms with Crippen LogP contribution in [0.1, 0.15) is 40.2 Å². The molecule has 0 bridgehead atoms. The maximum atomic E-state index is 12.3. The van der Waals surface area contributed by atoms with Gasteiger partial charge in [0.05, 0.1) is 5.54 Å². The van der Waals surface area contributed by atoms with Crippen LogP contribution >= 0.6 is 0 Å². The normalized spacial score (nSPS) is 21.1. The highest BCUT2D eigenvalue weighted by Gasteiger charge is 2.44. The Morgan fingerprint density at radius 1 is 1.16 bits per heavy atom. The zero-order valence-electron chi connectivity index (χ0n) is 12.6. The Morgan fingerprint density at radius 2 is 1.74 bits per heavy atom. The van der Waals surface area contributed by atoms with E-state index in [1.165, 1.54) is 5.56 Å². The van der Waals surface area contributed by atoms with Crippen LogP contribution < -0.4 is 10.2 Å². The largest absolute Gasteiger partial charge is 0.355 e. The van der Waals surface area contributed by atoms with E-state index in [4.69, 9.17) is 0 Å². The summed E-state index contributed by atoms with van der Waals surface area (Å²) in [5, 5.41) is 3.09. The third kappa shape index (κ3) is 2.60. The lowest BCUT2D eigenvalue weighted by Crippen LogP contribution is -2.69. The average molecular weight is 260 g/mol. The number of carbonyl (C=O) groups is 1. The second kappa shape index (κ2) is 4.55. The van der Waals surface area contributed by atoms with E-state index < -0.39 is 5.54 Å². The number of benzene rings is 1. The van der Waals surface area contributed by atoms with Gasteiger partial charge in [-0.05, 0) is 51.8 Å². The van der Waals surface area contributed by atoms with Gasteiger partial charge in [0, 0.05) is 12.2 Å². The molecular weight excluding hydrogens is 236 g/mol. The third-order valence-electron chi connectivity index (χ3n) is 3.89. The van der Waals surface area contributed by atoms with Gasteiger partial charge in [0.1, 0.15) is 5.54 Å². The Hall–Kier alpha value is -1.51. The van der Waals surface area contributed by atoms with Crippen molar-refractivity contribution in [1.82, 2.24) is 5.32 Å². The van der Waals surface area contributed by atoms with E-state index in [-0.39, 0.29) is 11.4 Å². The van der Waals surface area contributed by atoms with Gasteiger partial charge in [-0.2, -0.15) is 0 Å². The van der Waals surface area contributed by atoms with E-state index in [2.05, 4.69) is 55.3 Å². The van der Waals surface area contributed by atoms with Crippen molar-refractivity contribution in [3.05, 3.63) is 29.8 Å². The molecule has 104 valence electrons. The number of nitrogens with zero attached hydrogens (tertiary/aromatic N) is 1. The van der Waals surface area contributed by atoms with Gasteiger partial charge in [0.15, 0.2) is 0 Å². The summed E-state index contributed by atoms with van der Waals surface area (Å²) in [6.45, 7) is 11.0. The average Bonchev–Trinajstić information content (AvgIpc) is 2.34. The molecule has 1 saturated heterocycles. The molecule has 0 spiro atoms. The molecule has 1 heterocycles. The number of anilines is 1. The molecule has 2 rings (SSSR count). The van der Waals surface area contributed by atoms with Gasteiger partial charge in [-0.25, -0.2) is 0 Å². The van der Waals surface area contributed by atoms with E-state index in [0.29, 0.717) is 0 Å². The van der Waals surface area contributed by atoms with Gasteiger partial charge >= 0.3 is 0 Å². The van der Waals surface area contributed by atoms with Crippen LogP contribution in [0.3, 0.4) is 0 Å². The third-order valence-corrected chi connectivity index (χ3v) is 3.89. The second-order valence-electron chi connectivity index (χ2n) is 6.50. The summed E-state index contributed by atoms with van der Waals surface area (Å²) in [7, 11) is 0. The molecule has 1 aromatic rings. The molecule has 0 radical (unpaired) electrons. The van der Waals surface area contributed by atoms with Crippen LogP contribution in [-0.2, 0) is 11.2 Å². The lowest BCUT2D eigenvalue weighted by atomic mass is 9.90. The van der Waals surface area contributed by atoms with Crippen LogP contribution in [-0.4, -0.2) is 23.5 Å². The Labute approximate surface area is 116 Å². The maximum Gasteiger partial charge on any atom is 0.245 e. The molecule has 3 heteroatoms. The molecule has 1 aliphatic heterocycles. The summed E-state index contributed by atoms with van der Waals surface area (Å²) in [6, 6.07) is 8.53. The first-order valence-corrected chi connectivity index (χ1v) is 6.95. The molecule has 19 heavy (non-hydrogen) atoms. The first-order valence-electron chi connectivity index (χ1n) is 6.95. The SMILES string of the molecule is CCc1ccc(N2CC(C)(C)NC(=O)C2(C)C)cc1. The van der Waals surface area contributed by atoms with Gasteiger partial charge in [-0.3, -0.25) is 4.79 Å². The molecule has 0 saturated carbocycles. The van der Waals surface area contributed by atoms with Crippen molar-refractivity contribution in [2.24, 2.45) is 0 Å². The minimum Gasteiger partial charge on any atom is -0.355 e. The number of aryl methyl sites for hydroxylation is 1. The van der Waals surface area contributed by atoms with Crippen LogP contribution in [0.15, 0.2) is 24.3 Å². The maximum absolute atomic E-state index is 12.3. The Balaban J connectivity index is 2.36. The van der Waals surface area contributed by atoms with Crippen LogP contribution in [0.25, 0.3) is 0 Å². The highest BCUT2D eigenvalue weighted by atomic mass is 16.2. The van der Waals surface area contributed by atoms with E-state index in [1.54, 1.807) is 0 Å². The summed E-state index contributed by atoms with van der Waals surface area (Å²) < 4.78 is 0. The van der Waals surface area contributed by atoms with Crippen molar-refractivity contribution in [2.75, 3.05) is 11.4 Å². The number of hydrogen-bond donors (Lipinski definition) is 1. The topological polar surface area (TPSA) is 32.3 Å². The zero-order valence-corrected chi connectivity index (χ0v) is 12.6. The monoisotopic (exact) mass is 260 g/mol. The number of nitrogens with one attached hydrogen (secondary N) is 1. The first kappa shape index (κ1) is 13.9. The van der Waals surface area contributed by atoms with Gasteiger partial charge in [0.2, 0.25) is 5.91 Å². The number of hydrogen-bond acceptors (Lipinski definition) is 2. The lowest BCUT2D eigenvalue weighted by molar-refractivity contribution is -0.128. The van der Waals surface area contributed by atoms with E-state index in [0.717, 1.165) is 18.7 Å². The van der Waals surface area contributed by atoms with Crippen LogP contribution in [0, 0.1) is 0 Å². The van der Waals surface area contributed by atoms with Crippen LogP contribution in [0.5, 0.6) is 0 Å². The van der Waals surface area contributed by atoms with Gasteiger partial charge in [0.25, 0.3) is 0 Å². The zero-order chi connectivity index (χ0) is 14.3. The molecule has 0 aromatic heterocycles. The highest BCUT2D eigenvalue weighted by Crippen LogP contribution is 2.30. The Morgan fingerprint density at radius 3 is 2.26 bits per heavy atom. The van der Waals surface area contributed by atoms with Crippen LogP contribution in [0.2, 0.25) is 0 Å². The number of piperazine rings is 1. The van der Waals surface area contributed by atoms with E-state index in [9.17, 15) is 4.79 Å². The van der Waals surface area contributed by atoms with Crippen molar-refractivity contribution in [3.8, 4) is 0 Å². The number of amides is 1. The fraction of sp³-hybridized carbons (Fsp3) is 0.562. The molecular formula is C16H24N2O. The molecule has 1 aliphatic rings. The van der Waals surface area contributed by atoms with E-state index >= 15 is 0 Å². The fourth-order valence-electron chi connectivity index (χ4n) is 2.54. The standard InChI is InChI=1S/C16H24N2O/c1-6-12-7-9-13(10-8-12)18-11-15(2,3)17-14(19)16(18,4)5/h7-10H,6,11H2,1-5H3,(H,17,19). The van der Waals surface area contributed by atoms with Crippen molar-refractivity contribution in [1.29, 1.82) is 0 Å². The summed E-state index contributed by atoms with van der Waals surface area (Å²) in [5.41, 5.74) is 1.73. The molecule has 1 aromatic carbocycles. The second-order valence-corrected chi connectivity index (χ2v) is 6.50. The molecule has 0 atom stereocenters. The summed E-state index contributed by atoms with van der Waals surface area (Å²) in [5.74, 6) is 0.0864. The molecule has 0 aliphatic carbocycles. The molecule has 1 amide bonds. The number of carbonyl (C=O) groups excluding carboxylic acids is 1. The Bertz CT molecular complexity index is 474. The summed E-state index contributed by atoms with van der Waals surface area (Å²) >= 11 is 0. The smallest absolute Gasteiger partial charge is 0.245 e. The van der Waals surface area contributed by atoms with Crippen molar-refractivity contribution < 1.29 is 4.79 Å². The van der Waals surface area contributed by atoms with Gasteiger partial charge in [-0.1, -0.05) is 19.1 Å². The highest BCUT2D eigenvalue weighted by molar-refractivity contribution is 5.91. The minimum atomic E-state index is -0.511. The lowest BCUT2D eigenvalue weighted by Gasteiger charge is -2.49. The van der Waals surface area contributed by atoms with Crippen molar-refractivity contribution >= 4 is 11.6 Å². The summed E-state index contributed by atoms with van der Waals surface area (Å²) in [6.07, 6.45) is 1.04. The molecule has 0 unspecified atom stereocenters. The van der Waals surface area contributed by atoms with Crippen molar-refractivity contribution in [3.63, 3.8) is 0 Å². The molecule has 1 fully saturated rings. The van der Waals surface area contributed by atoms with E-state index in [1.807, 2.05) is 13.8 Å². The minimum absolute atomic E-state index is 0.0864. The van der Waals surface area contributed by atoms with Crippen LogP contribution in [0.4, 0.5) is 5.69 Å². The van der Waals surface area contributed by atoms with Gasteiger partial charge in [-0.15, -0.1) is 0 Å². The summed E-state index contributed by atoms with van der Waals surface area (Å²) in [4.78, 5) is 14.5.